The van der Waals surface area contributed by atoms with Crippen molar-refractivity contribution in [2.24, 2.45) is 0 Å². The van der Waals surface area contributed by atoms with Crippen molar-refractivity contribution in [3.8, 4) is 0 Å². The zero-order chi connectivity index (χ0) is 6.10. The number of ether oxygens (including phenoxy) is 2. The Morgan fingerprint density at radius 1 is 1.11 bits per heavy atom. The minimum absolute atomic E-state index is 0.191. The minimum Gasteiger partial charge on any atom is -0.373 e. The molecule has 2 fully saturated rings. The van der Waals surface area contributed by atoms with Gasteiger partial charge in [-0.2, -0.15) is 0 Å². The highest BCUT2D eigenvalue weighted by Crippen LogP contribution is 2.18. The lowest BCUT2D eigenvalue weighted by Crippen LogP contribution is -1.98. The van der Waals surface area contributed by atoms with Crippen LogP contribution in [0.2, 0.25) is 12.1 Å². The van der Waals surface area contributed by atoms with Crippen LogP contribution in [0.25, 0.3) is 0 Å². The van der Waals surface area contributed by atoms with E-state index in [4.69, 9.17) is 9.47 Å². The molecule has 0 bridgehead atoms. The fourth-order valence-electron chi connectivity index (χ4n) is 1.04. The molecule has 9 heavy (non-hydrogen) atoms. The van der Waals surface area contributed by atoms with Crippen molar-refractivity contribution < 1.29 is 9.47 Å². The van der Waals surface area contributed by atoms with Crippen LogP contribution in [-0.4, -0.2) is 34.9 Å². The molecule has 0 amide bonds. The maximum Gasteiger partial charge on any atom is 0.0781 e. The number of hydrogen-bond donors (Lipinski definition) is 0. The molecular weight excluding hydrogens is 132 g/mol. The average molecular weight is 144 g/mol. The third kappa shape index (κ3) is 2.08. The Kier molecular flexibility index (Phi) is 1.57. The third-order valence-corrected chi connectivity index (χ3v) is 3.96. The second-order valence-corrected chi connectivity index (χ2v) is 4.70. The van der Waals surface area contributed by atoms with Gasteiger partial charge in [0.15, 0.2) is 0 Å². The lowest BCUT2D eigenvalue weighted by atomic mass is 10.6. The van der Waals surface area contributed by atoms with Gasteiger partial charge < -0.3 is 9.47 Å². The van der Waals surface area contributed by atoms with Crippen molar-refractivity contribution >= 4 is 9.52 Å². The van der Waals surface area contributed by atoms with Crippen molar-refractivity contribution in [1.82, 2.24) is 0 Å². The summed E-state index contributed by atoms with van der Waals surface area (Å²) < 4.78 is 10.2. The van der Waals surface area contributed by atoms with Gasteiger partial charge in [0.05, 0.1) is 25.4 Å². The number of epoxide rings is 2. The molecule has 3 heteroatoms. The first kappa shape index (κ1) is 5.89. The maximum absolute atomic E-state index is 5.10. The van der Waals surface area contributed by atoms with Crippen LogP contribution in [0, 0.1) is 0 Å². The van der Waals surface area contributed by atoms with Crippen LogP contribution < -0.4 is 0 Å². The molecular formula is C6H12O2Si. The van der Waals surface area contributed by atoms with Gasteiger partial charge in [-0.15, -0.1) is 0 Å². The molecule has 0 radical (unpaired) electrons. The third-order valence-electron chi connectivity index (χ3n) is 1.86. The molecule has 0 aromatic carbocycles. The second-order valence-electron chi connectivity index (χ2n) is 2.84. The Balaban J connectivity index is 1.46. The summed E-state index contributed by atoms with van der Waals surface area (Å²) >= 11 is 0. The highest BCUT2D eigenvalue weighted by Gasteiger charge is 2.25. The Labute approximate surface area is 57.4 Å². The molecule has 0 aromatic rings. The van der Waals surface area contributed by atoms with E-state index < -0.39 is 0 Å². The highest BCUT2D eigenvalue weighted by atomic mass is 28.2. The van der Waals surface area contributed by atoms with Gasteiger partial charge in [-0.3, -0.25) is 0 Å². The normalized spacial score (nSPS) is 40.0. The summed E-state index contributed by atoms with van der Waals surface area (Å²) in [4.78, 5) is 0. The van der Waals surface area contributed by atoms with E-state index in [0.717, 1.165) is 13.2 Å². The molecule has 2 aliphatic heterocycles. The van der Waals surface area contributed by atoms with Gasteiger partial charge in [0.1, 0.15) is 0 Å². The van der Waals surface area contributed by atoms with E-state index in [1.807, 2.05) is 0 Å². The largest absolute Gasteiger partial charge is 0.373 e. The summed E-state index contributed by atoms with van der Waals surface area (Å²) in [5, 5.41) is 0. The summed E-state index contributed by atoms with van der Waals surface area (Å²) in [7, 11) is 0.191. The van der Waals surface area contributed by atoms with Crippen LogP contribution in [0.15, 0.2) is 0 Å². The van der Waals surface area contributed by atoms with Crippen LogP contribution in [0.3, 0.4) is 0 Å². The van der Waals surface area contributed by atoms with Crippen molar-refractivity contribution in [2.45, 2.75) is 24.3 Å². The molecule has 2 atom stereocenters. The first-order valence-electron chi connectivity index (χ1n) is 3.68. The van der Waals surface area contributed by atoms with E-state index in [9.17, 15) is 0 Å². The van der Waals surface area contributed by atoms with Crippen molar-refractivity contribution in [1.29, 1.82) is 0 Å². The summed E-state index contributed by atoms with van der Waals surface area (Å²) in [5.41, 5.74) is 0. The zero-order valence-corrected chi connectivity index (χ0v) is 6.92. The van der Waals surface area contributed by atoms with Crippen LogP contribution >= 0.6 is 0 Å². The molecule has 2 heterocycles. The zero-order valence-electron chi connectivity index (χ0n) is 5.51. The predicted octanol–water partition coefficient (Wildman–Crippen LogP) is -0.211. The Morgan fingerprint density at radius 2 is 1.56 bits per heavy atom. The molecule has 0 aliphatic carbocycles. The lowest BCUT2D eigenvalue weighted by Gasteiger charge is -1.89. The molecule has 0 saturated carbocycles. The highest BCUT2D eigenvalue weighted by molar-refractivity contribution is 6.36. The first-order valence-corrected chi connectivity index (χ1v) is 5.68. The van der Waals surface area contributed by atoms with Gasteiger partial charge in [0.2, 0.25) is 0 Å². The Morgan fingerprint density at radius 3 is 1.89 bits per heavy atom. The van der Waals surface area contributed by atoms with E-state index in [1.54, 1.807) is 0 Å². The fourth-order valence-corrected chi connectivity index (χ4v) is 2.86. The Hall–Kier alpha value is 0.137. The van der Waals surface area contributed by atoms with E-state index in [-0.39, 0.29) is 9.52 Å². The molecule has 2 unspecified atom stereocenters. The fraction of sp³-hybridized carbons (Fsp3) is 1.00. The topological polar surface area (TPSA) is 25.1 Å². The first-order chi connectivity index (χ1) is 4.45. The standard InChI is InChI=1S/C6H12O2Si/c1-5(7-1)3-9-4-6-2-8-6/h5-6H,1-4,9H2. The molecule has 2 aliphatic rings. The molecule has 0 spiro atoms. The van der Waals surface area contributed by atoms with Crippen molar-refractivity contribution in [3.63, 3.8) is 0 Å². The van der Waals surface area contributed by atoms with E-state index in [2.05, 4.69) is 0 Å². The number of rotatable bonds is 4. The van der Waals surface area contributed by atoms with Gasteiger partial charge in [0, 0.05) is 9.52 Å². The summed E-state index contributed by atoms with van der Waals surface area (Å²) in [6.07, 6.45) is 1.35. The Bertz CT molecular complexity index is 87.2. The van der Waals surface area contributed by atoms with E-state index in [0.29, 0.717) is 12.2 Å². The molecule has 2 rings (SSSR count). The van der Waals surface area contributed by atoms with Crippen LogP contribution in [-0.2, 0) is 9.47 Å². The predicted molar refractivity (Wildman–Crippen MR) is 37.6 cm³/mol. The summed E-state index contributed by atoms with van der Waals surface area (Å²) in [5.74, 6) is 0. The molecule has 0 N–H and O–H groups in total. The monoisotopic (exact) mass is 144 g/mol. The molecule has 2 nitrogen and oxygen atoms in total. The van der Waals surface area contributed by atoms with E-state index >= 15 is 0 Å². The smallest absolute Gasteiger partial charge is 0.0781 e. The van der Waals surface area contributed by atoms with Crippen LogP contribution in [0.4, 0.5) is 0 Å². The SMILES string of the molecule is C1OC1C[SiH2]CC1CO1. The van der Waals surface area contributed by atoms with E-state index in [1.165, 1.54) is 12.1 Å². The molecule has 52 valence electrons. The summed E-state index contributed by atoms with van der Waals surface area (Å²) in [6, 6.07) is 2.78. The quantitative estimate of drug-likeness (QED) is 0.403. The van der Waals surface area contributed by atoms with Gasteiger partial charge in [-0.25, -0.2) is 0 Å². The minimum atomic E-state index is 0.191. The van der Waals surface area contributed by atoms with Gasteiger partial charge in [0.25, 0.3) is 0 Å². The maximum atomic E-state index is 5.10. The van der Waals surface area contributed by atoms with Gasteiger partial charge >= 0.3 is 0 Å². The van der Waals surface area contributed by atoms with Crippen molar-refractivity contribution in [3.05, 3.63) is 0 Å². The van der Waals surface area contributed by atoms with Gasteiger partial charge in [-0.05, 0) is 12.1 Å². The number of hydrogen-bond acceptors (Lipinski definition) is 2. The molecule has 0 aromatic heterocycles. The van der Waals surface area contributed by atoms with Gasteiger partial charge in [-0.1, -0.05) is 0 Å². The van der Waals surface area contributed by atoms with Crippen LogP contribution in [0.1, 0.15) is 0 Å². The van der Waals surface area contributed by atoms with Crippen LogP contribution in [0.5, 0.6) is 0 Å². The second kappa shape index (κ2) is 2.40. The average Bonchev–Trinajstić information content (AvgIpc) is 2.57. The molecule has 2 saturated heterocycles. The van der Waals surface area contributed by atoms with Crippen molar-refractivity contribution in [2.75, 3.05) is 13.2 Å². The summed E-state index contributed by atoms with van der Waals surface area (Å²) in [6.45, 7) is 2.08. The lowest BCUT2D eigenvalue weighted by molar-refractivity contribution is 0.417.